The van der Waals surface area contributed by atoms with E-state index in [0.717, 1.165) is 5.56 Å². The van der Waals surface area contributed by atoms with Crippen LogP contribution in [0.2, 0.25) is 10.0 Å². The summed E-state index contributed by atoms with van der Waals surface area (Å²) in [5, 5.41) is 23.1. The van der Waals surface area contributed by atoms with E-state index in [9.17, 15) is 0 Å². The molecular formula is C15H10Cl2N8O. The molecule has 3 aromatic heterocycles. The van der Waals surface area contributed by atoms with E-state index in [-0.39, 0.29) is 0 Å². The van der Waals surface area contributed by atoms with Gasteiger partial charge in [0.05, 0.1) is 15.7 Å². The van der Waals surface area contributed by atoms with Gasteiger partial charge in [0.1, 0.15) is 5.69 Å². The van der Waals surface area contributed by atoms with Gasteiger partial charge < -0.3 is 9.73 Å². The molecule has 0 amide bonds. The summed E-state index contributed by atoms with van der Waals surface area (Å²) in [7, 11) is 0. The van der Waals surface area contributed by atoms with Crippen molar-refractivity contribution in [2.75, 3.05) is 5.32 Å². The molecular weight excluding hydrogens is 379 g/mol. The predicted octanol–water partition coefficient (Wildman–Crippen LogP) is 3.03. The molecule has 1 aromatic carbocycles. The third kappa shape index (κ3) is 3.09. The average Bonchev–Trinajstić information content (AvgIpc) is 3.34. The third-order valence-corrected chi connectivity index (χ3v) is 4.33. The molecule has 0 aliphatic rings. The first-order valence-corrected chi connectivity index (χ1v) is 8.16. The van der Waals surface area contributed by atoms with Gasteiger partial charge >= 0.3 is 0 Å². The Bertz CT molecular complexity index is 1030. The van der Waals surface area contributed by atoms with E-state index < -0.39 is 0 Å². The zero-order valence-corrected chi connectivity index (χ0v) is 14.6. The SMILES string of the molecule is Clc1cccc(-n2nnnc2NCc2cccnc2-c2nnco2)c1Cl. The van der Waals surface area contributed by atoms with Crippen molar-refractivity contribution >= 4 is 29.2 Å². The maximum absolute atomic E-state index is 6.25. The van der Waals surface area contributed by atoms with Crippen LogP contribution in [-0.2, 0) is 6.54 Å². The number of hydrogen-bond donors (Lipinski definition) is 1. The molecule has 0 aliphatic heterocycles. The van der Waals surface area contributed by atoms with Gasteiger partial charge in [-0.3, -0.25) is 4.98 Å². The summed E-state index contributed by atoms with van der Waals surface area (Å²) in [6, 6.07) is 8.93. The van der Waals surface area contributed by atoms with Crippen molar-refractivity contribution in [3.63, 3.8) is 0 Å². The predicted molar refractivity (Wildman–Crippen MR) is 94.0 cm³/mol. The Labute approximate surface area is 157 Å². The van der Waals surface area contributed by atoms with Crippen molar-refractivity contribution in [1.29, 1.82) is 0 Å². The molecule has 0 saturated heterocycles. The molecule has 0 fully saturated rings. The molecule has 4 aromatic rings. The van der Waals surface area contributed by atoms with Gasteiger partial charge in [-0.1, -0.05) is 40.4 Å². The highest BCUT2D eigenvalue weighted by Crippen LogP contribution is 2.29. The van der Waals surface area contributed by atoms with Crippen LogP contribution in [0.1, 0.15) is 5.56 Å². The summed E-state index contributed by atoms with van der Waals surface area (Å²) in [6.07, 6.45) is 2.90. The fourth-order valence-corrected chi connectivity index (χ4v) is 2.72. The van der Waals surface area contributed by atoms with Crippen molar-refractivity contribution in [2.45, 2.75) is 6.54 Å². The van der Waals surface area contributed by atoms with Crippen LogP contribution in [0.3, 0.4) is 0 Å². The molecule has 1 N–H and O–H groups in total. The normalized spacial score (nSPS) is 10.8. The summed E-state index contributed by atoms with van der Waals surface area (Å²) < 4.78 is 6.70. The molecule has 0 radical (unpaired) electrons. The van der Waals surface area contributed by atoms with Crippen LogP contribution in [-0.4, -0.2) is 35.4 Å². The number of nitrogens with zero attached hydrogens (tertiary/aromatic N) is 7. The first-order chi connectivity index (χ1) is 12.7. The zero-order valence-electron chi connectivity index (χ0n) is 13.0. The van der Waals surface area contributed by atoms with Crippen molar-refractivity contribution in [1.82, 2.24) is 35.4 Å². The van der Waals surface area contributed by atoms with E-state index in [4.69, 9.17) is 27.6 Å². The smallest absolute Gasteiger partial charge is 0.266 e. The van der Waals surface area contributed by atoms with Crippen LogP contribution in [0.5, 0.6) is 0 Å². The van der Waals surface area contributed by atoms with Gasteiger partial charge in [-0.2, -0.15) is 4.68 Å². The third-order valence-electron chi connectivity index (χ3n) is 3.52. The molecule has 4 rings (SSSR count). The Balaban J connectivity index is 1.62. The quantitative estimate of drug-likeness (QED) is 0.555. The maximum atomic E-state index is 6.25. The Morgan fingerprint density at radius 1 is 1.12 bits per heavy atom. The van der Waals surface area contributed by atoms with E-state index in [1.165, 1.54) is 11.1 Å². The Hall–Kier alpha value is -3.04. The Morgan fingerprint density at radius 3 is 2.88 bits per heavy atom. The number of rotatable bonds is 5. The van der Waals surface area contributed by atoms with Crippen LogP contribution in [0.4, 0.5) is 5.95 Å². The number of hydrogen-bond acceptors (Lipinski definition) is 8. The first kappa shape index (κ1) is 16.4. The highest BCUT2D eigenvalue weighted by atomic mass is 35.5. The molecule has 11 heteroatoms. The second-order valence-corrected chi connectivity index (χ2v) is 5.88. The molecule has 0 bridgehead atoms. The lowest BCUT2D eigenvalue weighted by atomic mass is 10.2. The first-order valence-electron chi connectivity index (χ1n) is 7.41. The number of tetrazole rings is 1. The minimum atomic E-state index is 0.333. The van der Waals surface area contributed by atoms with Crippen LogP contribution < -0.4 is 5.32 Å². The van der Waals surface area contributed by atoms with E-state index >= 15 is 0 Å². The Morgan fingerprint density at radius 2 is 2.04 bits per heavy atom. The number of pyridine rings is 1. The monoisotopic (exact) mass is 388 g/mol. The highest BCUT2D eigenvalue weighted by molar-refractivity contribution is 6.43. The standard InChI is InChI=1S/C15H10Cl2N8O/c16-10-4-1-5-11(12(10)17)25-15(22-23-24-25)19-7-9-3-2-6-18-13(9)14-21-20-8-26-14/h1-6,8H,7H2,(H,19,22,24). The molecule has 26 heavy (non-hydrogen) atoms. The largest absolute Gasteiger partial charge is 0.422 e. The zero-order chi connectivity index (χ0) is 17.9. The fourth-order valence-electron chi connectivity index (χ4n) is 2.34. The lowest BCUT2D eigenvalue weighted by molar-refractivity contribution is 0.565. The minimum Gasteiger partial charge on any atom is -0.422 e. The van der Waals surface area contributed by atoms with Crippen molar-refractivity contribution in [2.24, 2.45) is 0 Å². The van der Waals surface area contributed by atoms with Gasteiger partial charge in [-0.15, -0.1) is 10.2 Å². The van der Waals surface area contributed by atoms with Crippen LogP contribution in [0.25, 0.3) is 17.3 Å². The van der Waals surface area contributed by atoms with E-state index in [1.54, 1.807) is 24.4 Å². The van der Waals surface area contributed by atoms with E-state index in [1.807, 2.05) is 12.1 Å². The highest BCUT2D eigenvalue weighted by Gasteiger charge is 2.15. The second kappa shape index (κ2) is 7.06. The van der Waals surface area contributed by atoms with E-state index in [0.29, 0.717) is 39.8 Å². The number of anilines is 1. The van der Waals surface area contributed by atoms with E-state index in [2.05, 4.69) is 36.0 Å². The molecule has 3 heterocycles. The topological polar surface area (TPSA) is 107 Å². The van der Waals surface area contributed by atoms with Gasteiger partial charge in [0, 0.05) is 18.3 Å². The van der Waals surface area contributed by atoms with Crippen molar-refractivity contribution < 1.29 is 4.42 Å². The Kier molecular flexibility index (Phi) is 4.46. The number of benzene rings is 1. The molecule has 130 valence electrons. The van der Waals surface area contributed by atoms with Gasteiger partial charge in [-0.25, -0.2) is 0 Å². The lowest BCUT2D eigenvalue weighted by Crippen LogP contribution is -2.09. The molecule has 0 atom stereocenters. The van der Waals surface area contributed by atoms with Gasteiger partial charge in [-0.05, 0) is 28.6 Å². The molecule has 0 saturated carbocycles. The molecule has 0 spiro atoms. The summed E-state index contributed by atoms with van der Waals surface area (Å²) in [5.41, 5.74) is 1.98. The minimum absolute atomic E-state index is 0.333. The number of halogens is 2. The fraction of sp³-hybridized carbons (Fsp3) is 0.0667. The van der Waals surface area contributed by atoms with Crippen LogP contribution in [0, 0.1) is 0 Å². The molecule has 9 nitrogen and oxygen atoms in total. The number of aromatic nitrogens is 7. The summed E-state index contributed by atoms with van der Waals surface area (Å²) in [4.78, 5) is 4.29. The molecule has 0 aliphatic carbocycles. The van der Waals surface area contributed by atoms with Crippen molar-refractivity contribution in [3.05, 3.63) is 58.5 Å². The summed E-state index contributed by atoms with van der Waals surface area (Å²) in [5.74, 6) is 0.731. The number of nitrogens with one attached hydrogen (secondary N) is 1. The van der Waals surface area contributed by atoms with Crippen LogP contribution in [0.15, 0.2) is 47.3 Å². The van der Waals surface area contributed by atoms with Crippen LogP contribution >= 0.6 is 23.2 Å². The van der Waals surface area contributed by atoms with Gasteiger partial charge in [0.2, 0.25) is 12.3 Å². The second-order valence-electron chi connectivity index (χ2n) is 5.10. The maximum Gasteiger partial charge on any atom is 0.266 e. The summed E-state index contributed by atoms with van der Waals surface area (Å²) >= 11 is 12.3. The summed E-state index contributed by atoms with van der Waals surface area (Å²) in [6.45, 7) is 0.379. The van der Waals surface area contributed by atoms with Gasteiger partial charge in [0.25, 0.3) is 5.89 Å². The van der Waals surface area contributed by atoms with Gasteiger partial charge in [0.15, 0.2) is 0 Å². The molecule has 0 unspecified atom stereocenters. The lowest BCUT2D eigenvalue weighted by Gasteiger charge is -2.10. The van der Waals surface area contributed by atoms with Crippen molar-refractivity contribution in [3.8, 4) is 17.3 Å². The average molecular weight is 389 g/mol.